The summed E-state index contributed by atoms with van der Waals surface area (Å²) >= 11 is 1.63. The molecule has 5 heteroatoms. The molecule has 0 unspecified atom stereocenters. The molecular formula is C20H30N2O2S. The van der Waals surface area contributed by atoms with E-state index in [9.17, 15) is 9.59 Å². The molecule has 0 spiro atoms. The van der Waals surface area contributed by atoms with Gasteiger partial charge in [0.25, 0.3) is 0 Å². The molecule has 2 heterocycles. The van der Waals surface area contributed by atoms with E-state index in [4.69, 9.17) is 0 Å². The lowest BCUT2D eigenvalue weighted by atomic mass is 9.86. The van der Waals surface area contributed by atoms with E-state index in [-0.39, 0.29) is 11.8 Å². The lowest BCUT2D eigenvalue weighted by Gasteiger charge is -2.24. The number of hydrogen-bond acceptors (Lipinski definition) is 3. The summed E-state index contributed by atoms with van der Waals surface area (Å²) in [5.74, 6) is 1.24. The van der Waals surface area contributed by atoms with Crippen molar-refractivity contribution in [2.45, 2.75) is 57.8 Å². The molecule has 0 atom stereocenters. The highest BCUT2D eigenvalue weighted by atomic mass is 32.1. The van der Waals surface area contributed by atoms with Crippen molar-refractivity contribution in [2.24, 2.45) is 5.92 Å². The van der Waals surface area contributed by atoms with Crippen LogP contribution in [0.4, 0.5) is 0 Å². The number of carbonyl (C=O) groups is 2. The molecule has 1 aromatic rings. The molecular weight excluding hydrogens is 332 g/mol. The molecule has 0 bridgehead atoms. The second kappa shape index (κ2) is 9.37. The van der Waals surface area contributed by atoms with E-state index in [0.29, 0.717) is 25.9 Å². The van der Waals surface area contributed by atoms with Crippen molar-refractivity contribution in [2.75, 3.05) is 26.2 Å². The van der Waals surface area contributed by atoms with Gasteiger partial charge in [0.05, 0.1) is 6.42 Å². The van der Waals surface area contributed by atoms with Crippen LogP contribution in [0, 0.1) is 5.92 Å². The number of amides is 2. The molecule has 0 N–H and O–H groups in total. The predicted octanol–water partition coefficient (Wildman–Crippen LogP) is 3.71. The van der Waals surface area contributed by atoms with Gasteiger partial charge in [-0.1, -0.05) is 38.2 Å². The van der Waals surface area contributed by atoms with Crippen LogP contribution < -0.4 is 0 Å². The standard InChI is InChI=1S/C20H30N2O2S/c23-19(10-9-17-6-2-1-3-7-17)21-11-5-12-22(14-13-21)20(24)16-18-8-4-15-25-18/h4,8,15,17H,1-3,5-7,9-14,16H2. The van der Waals surface area contributed by atoms with Crippen LogP contribution in [0.1, 0.15) is 56.2 Å². The highest BCUT2D eigenvalue weighted by Gasteiger charge is 2.23. The summed E-state index contributed by atoms with van der Waals surface area (Å²) in [6.45, 7) is 2.95. The van der Waals surface area contributed by atoms with Crippen LogP contribution in [0.5, 0.6) is 0 Å². The normalized spacial score (nSPS) is 19.7. The van der Waals surface area contributed by atoms with E-state index in [0.717, 1.165) is 36.7 Å². The highest BCUT2D eigenvalue weighted by molar-refractivity contribution is 7.10. The highest BCUT2D eigenvalue weighted by Crippen LogP contribution is 2.27. The van der Waals surface area contributed by atoms with Crippen molar-refractivity contribution in [1.82, 2.24) is 9.80 Å². The second-order valence-corrected chi connectivity index (χ2v) is 8.45. The van der Waals surface area contributed by atoms with Gasteiger partial charge in [0, 0.05) is 37.5 Å². The van der Waals surface area contributed by atoms with Crippen LogP contribution in [0.2, 0.25) is 0 Å². The Balaban J connectivity index is 1.42. The molecule has 4 nitrogen and oxygen atoms in total. The SMILES string of the molecule is O=C(CCC1CCCCC1)N1CCCN(C(=O)Cc2cccs2)CC1. The zero-order valence-corrected chi connectivity index (χ0v) is 15.9. The third kappa shape index (κ3) is 5.56. The largest absolute Gasteiger partial charge is 0.341 e. The Hall–Kier alpha value is -1.36. The lowest BCUT2D eigenvalue weighted by Crippen LogP contribution is -2.38. The van der Waals surface area contributed by atoms with Crippen molar-refractivity contribution >= 4 is 23.2 Å². The lowest BCUT2D eigenvalue weighted by molar-refractivity contribution is -0.133. The number of rotatable bonds is 5. The maximum atomic E-state index is 12.6. The summed E-state index contributed by atoms with van der Waals surface area (Å²) in [5.41, 5.74) is 0. The quantitative estimate of drug-likeness (QED) is 0.801. The Labute approximate surface area is 155 Å². The maximum absolute atomic E-state index is 12.6. The fourth-order valence-corrected chi connectivity index (χ4v) is 4.75. The third-order valence-electron chi connectivity index (χ3n) is 5.60. The Bertz CT molecular complexity index is 552. The monoisotopic (exact) mass is 362 g/mol. The van der Waals surface area contributed by atoms with Gasteiger partial charge in [-0.3, -0.25) is 9.59 Å². The smallest absolute Gasteiger partial charge is 0.227 e. The molecule has 2 amide bonds. The maximum Gasteiger partial charge on any atom is 0.227 e. The Morgan fingerprint density at radius 1 is 0.960 bits per heavy atom. The van der Waals surface area contributed by atoms with Crippen molar-refractivity contribution < 1.29 is 9.59 Å². The van der Waals surface area contributed by atoms with Crippen LogP contribution in [-0.2, 0) is 16.0 Å². The average Bonchev–Trinajstić information content (AvgIpc) is 3.01. The predicted molar refractivity (Wildman–Crippen MR) is 102 cm³/mol. The average molecular weight is 363 g/mol. The van der Waals surface area contributed by atoms with E-state index in [2.05, 4.69) is 0 Å². The van der Waals surface area contributed by atoms with Crippen LogP contribution in [0.3, 0.4) is 0 Å². The molecule has 2 fully saturated rings. The molecule has 1 aromatic heterocycles. The van der Waals surface area contributed by atoms with Gasteiger partial charge in [0.2, 0.25) is 11.8 Å². The summed E-state index contributed by atoms with van der Waals surface area (Å²) in [4.78, 5) is 30.1. The first-order valence-electron chi connectivity index (χ1n) is 9.80. The first-order chi connectivity index (χ1) is 12.2. The number of nitrogens with zero attached hydrogens (tertiary/aromatic N) is 2. The number of thiophene rings is 1. The van der Waals surface area contributed by atoms with Crippen LogP contribution >= 0.6 is 11.3 Å². The fourth-order valence-electron chi connectivity index (χ4n) is 4.05. The molecule has 3 rings (SSSR count). The summed E-state index contributed by atoms with van der Waals surface area (Å²) in [6.07, 6.45) is 9.78. The summed E-state index contributed by atoms with van der Waals surface area (Å²) in [6, 6.07) is 4.00. The van der Waals surface area contributed by atoms with Gasteiger partial charge in [-0.05, 0) is 30.2 Å². The number of carbonyl (C=O) groups excluding carboxylic acids is 2. The Morgan fingerprint density at radius 2 is 1.68 bits per heavy atom. The molecule has 0 aromatic carbocycles. The van der Waals surface area contributed by atoms with Crippen molar-refractivity contribution in [1.29, 1.82) is 0 Å². The fraction of sp³-hybridized carbons (Fsp3) is 0.700. The molecule has 0 radical (unpaired) electrons. The second-order valence-electron chi connectivity index (χ2n) is 7.41. The van der Waals surface area contributed by atoms with Crippen LogP contribution in [0.15, 0.2) is 17.5 Å². The van der Waals surface area contributed by atoms with Crippen LogP contribution in [0.25, 0.3) is 0 Å². The molecule has 1 aliphatic carbocycles. The van der Waals surface area contributed by atoms with Crippen LogP contribution in [-0.4, -0.2) is 47.8 Å². The third-order valence-corrected chi connectivity index (χ3v) is 6.47. The number of hydrogen-bond donors (Lipinski definition) is 0. The minimum Gasteiger partial charge on any atom is -0.341 e. The van der Waals surface area contributed by atoms with E-state index >= 15 is 0 Å². The summed E-state index contributed by atoms with van der Waals surface area (Å²) in [7, 11) is 0. The summed E-state index contributed by atoms with van der Waals surface area (Å²) in [5, 5.41) is 2.01. The molecule has 1 saturated carbocycles. The van der Waals surface area contributed by atoms with Crippen molar-refractivity contribution in [3.8, 4) is 0 Å². The zero-order valence-electron chi connectivity index (χ0n) is 15.1. The van der Waals surface area contributed by atoms with Gasteiger partial charge >= 0.3 is 0 Å². The molecule has 1 saturated heterocycles. The van der Waals surface area contributed by atoms with Gasteiger partial charge < -0.3 is 9.80 Å². The topological polar surface area (TPSA) is 40.6 Å². The van der Waals surface area contributed by atoms with Crippen molar-refractivity contribution in [3.05, 3.63) is 22.4 Å². The van der Waals surface area contributed by atoms with Gasteiger partial charge in [-0.2, -0.15) is 0 Å². The van der Waals surface area contributed by atoms with E-state index in [1.54, 1.807) is 11.3 Å². The van der Waals surface area contributed by atoms with E-state index in [1.807, 2.05) is 27.3 Å². The minimum atomic E-state index is 0.193. The zero-order chi connectivity index (χ0) is 17.5. The van der Waals surface area contributed by atoms with Gasteiger partial charge in [-0.15, -0.1) is 11.3 Å². The van der Waals surface area contributed by atoms with Crippen molar-refractivity contribution in [3.63, 3.8) is 0 Å². The molecule has 138 valence electrons. The van der Waals surface area contributed by atoms with Gasteiger partial charge in [-0.25, -0.2) is 0 Å². The minimum absolute atomic E-state index is 0.193. The molecule has 25 heavy (non-hydrogen) atoms. The van der Waals surface area contributed by atoms with Gasteiger partial charge in [0.15, 0.2) is 0 Å². The Kier molecular flexibility index (Phi) is 6.91. The van der Waals surface area contributed by atoms with E-state index in [1.165, 1.54) is 32.1 Å². The van der Waals surface area contributed by atoms with E-state index < -0.39 is 0 Å². The Morgan fingerprint density at radius 3 is 2.36 bits per heavy atom. The van der Waals surface area contributed by atoms with Gasteiger partial charge in [0.1, 0.15) is 0 Å². The first-order valence-corrected chi connectivity index (χ1v) is 10.7. The molecule has 2 aliphatic rings. The first kappa shape index (κ1) is 18.4. The molecule has 1 aliphatic heterocycles. The summed E-state index contributed by atoms with van der Waals surface area (Å²) < 4.78 is 0.